The second-order valence-corrected chi connectivity index (χ2v) is 7.36. The van der Waals surface area contributed by atoms with Gasteiger partial charge in [-0.15, -0.1) is 11.8 Å². The average Bonchev–Trinajstić information content (AvgIpc) is 3.18. The summed E-state index contributed by atoms with van der Waals surface area (Å²) in [5.74, 6) is 1.39. The second kappa shape index (κ2) is 8.97. The van der Waals surface area contributed by atoms with Crippen molar-refractivity contribution in [3.63, 3.8) is 0 Å². The van der Waals surface area contributed by atoms with Crippen LogP contribution in [0.4, 0.5) is 5.69 Å². The van der Waals surface area contributed by atoms with E-state index < -0.39 is 6.04 Å². The molecule has 1 saturated heterocycles. The highest BCUT2D eigenvalue weighted by molar-refractivity contribution is 7.99. The van der Waals surface area contributed by atoms with Crippen LogP contribution in [0.2, 0.25) is 5.02 Å². The Morgan fingerprint density at radius 3 is 2.56 bits per heavy atom. The molecule has 7 heteroatoms. The highest BCUT2D eigenvalue weighted by Crippen LogP contribution is 2.23. The molecule has 1 aliphatic rings. The zero-order valence-corrected chi connectivity index (χ0v) is 16.3. The van der Waals surface area contributed by atoms with Crippen molar-refractivity contribution < 1.29 is 14.3 Å². The summed E-state index contributed by atoms with van der Waals surface area (Å²) in [6, 6.07) is 13.8. The smallest absolute Gasteiger partial charge is 0.248 e. The molecule has 2 amide bonds. The second-order valence-electron chi connectivity index (χ2n) is 5.93. The predicted octanol–water partition coefficient (Wildman–Crippen LogP) is 3.90. The van der Waals surface area contributed by atoms with Crippen LogP contribution in [0.15, 0.2) is 54.6 Å². The lowest BCUT2D eigenvalue weighted by atomic mass is 10.2. The van der Waals surface area contributed by atoms with Crippen molar-refractivity contribution in [1.29, 1.82) is 0 Å². The highest BCUT2D eigenvalue weighted by Gasteiger charge is 2.33. The van der Waals surface area contributed by atoms with Crippen LogP contribution in [0, 0.1) is 0 Å². The van der Waals surface area contributed by atoms with E-state index in [2.05, 4.69) is 5.32 Å². The molecule has 1 heterocycles. The zero-order chi connectivity index (χ0) is 19.2. The number of amides is 2. The third-order valence-electron chi connectivity index (χ3n) is 4.11. The van der Waals surface area contributed by atoms with Gasteiger partial charge in [-0.05, 0) is 48.0 Å². The number of nitrogens with zero attached hydrogens (tertiary/aromatic N) is 1. The van der Waals surface area contributed by atoms with E-state index in [1.807, 2.05) is 12.1 Å². The average molecular weight is 403 g/mol. The molecule has 1 atom stereocenters. The Balaban J connectivity index is 1.63. The summed E-state index contributed by atoms with van der Waals surface area (Å²) < 4.78 is 5.11. The molecule has 5 nitrogen and oxygen atoms in total. The molecule has 0 aliphatic carbocycles. The molecule has 1 aliphatic heterocycles. The summed E-state index contributed by atoms with van der Waals surface area (Å²) in [6.45, 7) is 0. The van der Waals surface area contributed by atoms with Crippen molar-refractivity contribution in [2.24, 2.45) is 0 Å². The Hall–Kier alpha value is -2.44. The molecule has 0 saturated carbocycles. The molecule has 1 fully saturated rings. The maximum absolute atomic E-state index is 12.6. The number of hydrogen-bond acceptors (Lipinski definition) is 4. The van der Waals surface area contributed by atoms with Crippen LogP contribution in [0.3, 0.4) is 0 Å². The van der Waals surface area contributed by atoms with Crippen molar-refractivity contribution in [3.8, 4) is 5.75 Å². The molecule has 0 bridgehead atoms. The van der Waals surface area contributed by atoms with E-state index in [4.69, 9.17) is 16.3 Å². The lowest BCUT2D eigenvalue weighted by molar-refractivity contribution is -0.132. The van der Waals surface area contributed by atoms with Crippen molar-refractivity contribution in [1.82, 2.24) is 4.90 Å². The SMILES string of the molecule is COc1ccc(NC(=O)C2CSCN2C(=O)C=Cc2ccc(Cl)cc2)cc1. The summed E-state index contributed by atoms with van der Waals surface area (Å²) in [5.41, 5.74) is 1.54. The van der Waals surface area contributed by atoms with Gasteiger partial charge in [-0.3, -0.25) is 9.59 Å². The first-order valence-corrected chi connectivity index (χ1v) is 9.87. The maximum Gasteiger partial charge on any atom is 0.248 e. The predicted molar refractivity (Wildman–Crippen MR) is 110 cm³/mol. The molecule has 2 aromatic rings. The summed E-state index contributed by atoms with van der Waals surface area (Å²) in [5, 5.41) is 3.50. The van der Waals surface area contributed by atoms with Crippen LogP contribution in [-0.4, -0.2) is 41.5 Å². The number of anilines is 1. The van der Waals surface area contributed by atoms with E-state index in [0.29, 0.717) is 28.1 Å². The van der Waals surface area contributed by atoms with Gasteiger partial charge < -0.3 is 15.0 Å². The number of hydrogen-bond donors (Lipinski definition) is 1. The Labute approximate surface area is 167 Å². The van der Waals surface area contributed by atoms with E-state index in [-0.39, 0.29) is 11.8 Å². The van der Waals surface area contributed by atoms with Gasteiger partial charge in [0, 0.05) is 22.5 Å². The third kappa shape index (κ3) is 5.05. The molecule has 0 aromatic heterocycles. The Kier molecular flexibility index (Phi) is 6.42. The van der Waals surface area contributed by atoms with Gasteiger partial charge in [0.25, 0.3) is 0 Å². The Morgan fingerprint density at radius 2 is 1.89 bits per heavy atom. The van der Waals surface area contributed by atoms with Gasteiger partial charge in [0.15, 0.2) is 0 Å². The van der Waals surface area contributed by atoms with Gasteiger partial charge in [0.05, 0.1) is 13.0 Å². The van der Waals surface area contributed by atoms with E-state index in [0.717, 1.165) is 5.56 Å². The van der Waals surface area contributed by atoms with Gasteiger partial charge >= 0.3 is 0 Å². The number of halogens is 1. The number of benzene rings is 2. The fraction of sp³-hybridized carbons (Fsp3) is 0.200. The fourth-order valence-corrected chi connectivity index (χ4v) is 3.90. The van der Waals surface area contributed by atoms with Crippen LogP contribution < -0.4 is 10.1 Å². The first kappa shape index (κ1) is 19.3. The maximum atomic E-state index is 12.6. The van der Waals surface area contributed by atoms with E-state index in [1.54, 1.807) is 66.2 Å². The van der Waals surface area contributed by atoms with Crippen LogP contribution in [0.1, 0.15) is 5.56 Å². The first-order valence-electron chi connectivity index (χ1n) is 8.34. The van der Waals surface area contributed by atoms with E-state index in [1.165, 1.54) is 6.08 Å². The Morgan fingerprint density at radius 1 is 1.19 bits per heavy atom. The molecule has 1 N–H and O–H groups in total. The molecule has 140 valence electrons. The largest absolute Gasteiger partial charge is 0.497 e. The lowest BCUT2D eigenvalue weighted by Crippen LogP contribution is -2.43. The number of methoxy groups -OCH3 is 1. The monoisotopic (exact) mass is 402 g/mol. The molecule has 3 rings (SSSR count). The van der Waals surface area contributed by atoms with Crippen molar-refractivity contribution >= 4 is 46.9 Å². The number of rotatable bonds is 5. The van der Waals surface area contributed by atoms with Crippen LogP contribution >= 0.6 is 23.4 Å². The van der Waals surface area contributed by atoms with Crippen LogP contribution in [0.5, 0.6) is 5.75 Å². The number of carbonyl (C=O) groups is 2. The van der Waals surface area contributed by atoms with Gasteiger partial charge in [-0.1, -0.05) is 23.7 Å². The fourth-order valence-electron chi connectivity index (χ4n) is 2.61. The number of nitrogens with one attached hydrogen (secondary N) is 1. The van der Waals surface area contributed by atoms with Crippen molar-refractivity contribution in [2.45, 2.75) is 6.04 Å². The summed E-state index contributed by atoms with van der Waals surface area (Å²) in [6.07, 6.45) is 3.21. The molecular weight excluding hydrogens is 384 g/mol. The molecule has 2 aromatic carbocycles. The number of thioether (sulfide) groups is 1. The van der Waals surface area contributed by atoms with Crippen molar-refractivity contribution in [2.75, 3.05) is 24.1 Å². The number of ether oxygens (including phenoxy) is 1. The molecule has 0 spiro atoms. The molecule has 0 radical (unpaired) electrons. The van der Waals surface area contributed by atoms with Gasteiger partial charge in [0.2, 0.25) is 11.8 Å². The summed E-state index contributed by atoms with van der Waals surface area (Å²) in [7, 11) is 1.59. The normalized spacial score (nSPS) is 16.5. The van der Waals surface area contributed by atoms with Crippen LogP contribution in [0.25, 0.3) is 6.08 Å². The minimum atomic E-state index is -0.500. The van der Waals surface area contributed by atoms with Gasteiger partial charge in [-0.25, -0.2) is 0 Å². The quantitative estimate of drug-likeness (QED) is 0.770. The lowest BCUT2D eigenvalue weighted by Gasteiger charge is -2.21. The third-order valence-corrected chi connectivity index (χ3v) is 5.38. The van der Waals surface area contributed by atoms with Gasteiger partial charge in [0.1, 0.15) is 11.8 Å². The Bertz CT molecular complexity index is 837. The number of carbonyl (C=O) groups excluding carboxylic acids is 2. The molecule has 27 heavy (non-hydrogen) atoms. The molecular formula is C20H19ClN2O3S. The summed E-state index contributed by atoms with van der Waals surface area (Å²) >= 11 is 7.42. The van der Waals surface area contributed by atoms with E-state index >= 15 is 0 Å². The first-order chi connectivity index (χ1) is 13.1. The van der Waals surface area contributed by atoms with E-state index in [9.17, 15) is 9.59 Å². The highest BCUT2D eigenvalue weighted by atomic mass is 35.5. The summed E-state index contributed by atoms with van der Waals surface area (Å²) in [4.78, 5) is 26.7. The minimum Gasteiger partial charge on any atom is -0.497 e. The zero-order valence-electron chi connectivity index (χ0n) is 14.7. The van der Waals surface area contributed by atoms with Crippen LogP contribution in [-0.2, 0) is 9.59 Å². The molecule has 1 unspecified atom stereocenters. The standard InChI is InChI=1S/C20H19ClN2O3S/c1-26-17-9-7-16(8-10-17)22-20(25)18-12-27-13-23(18)19(24)11-4-14-2-5-15(21)6-3-14/h2-11,18H,12-13H2,1H3,(H,22,25). The minimum absolute atomic E-state index is 0.190. The van der Waals surface area contributed by atoms with Crippen molar-refractivity contribution in [3.05, 3.63) is 65.2 Å². The van der Waals surface area contributed by atoms with Gasteiger partial charge in [-0.2, -0.15) is 0 Å². The topological polar surface area (TPSA) is 58.6 Å².